The van der Waals surface area contributed by atoms with Gasteiger partial charge in [0, 0.05) is 0 Å². The number of nitrogens with one attached hydrogen (secondary N) is 1. The minimum Gasteiger partial charge on any atom is -0.503 e. The van der Waals surface area contributed by atoms with Gasteiger partial charge in [-0.1, -0.05) is 29.3 Å². The van der Waals surface area contributed by atoms with Gasteiger partial charge < -0.3 is 15.2 Å². The average Bonchev–Trinajstić information content (AvgIpc) is 2.61. The number of hydrogen-bond acceptors (Lipinski definition) is 4. The van der Waals surface area contributed by atoms with Crippen molar-refractivity contribution in [2.24, 2.45) is 0 Å². The van der Waals surface area contributed by atoms with Crippen molar-refractivity contribution in [1.82, 2.24) is 0 Å². The van der Waals surface area contributed by atoms with E-state index < -0.39 is 5.91 Å². The molecule has 0 fully saturated rings. The summed E-state index contributed by atoms with van der Waals surface area (Å²) in [7, 11) is 0. The van der Waals surface area contributed by atoms with Crippen molar-refractivity contribution >= 4 is 56.8 Å². The van der Waals surface area contributed by atoms with E-state index in [1.54, 1.807) is 31.2 Å². The maximum absolute atomic E-state index is 12.4. The summed E-state index contributed by atoms with van der Waals surface area (Å²) in [5, 5.41) is 22.3. The standard InChI is InChI=1S/C18H13BrCl2N2O3/c1-2-26-15-8-10(7-12(19)17(15)24)6-11(9-22)18(25)23-14-5-3-4-13(20)16(14)21/h3-8,24H,2H2,1H3,(H,23,25)/b11-6+. The molecule has 0 aliphatic heterocycles. The molecular formula is C18H13BrCl2N2O3. The lowest BCUT2D eigenvalue weighted by Gasteiger charge is -2.10. The molecule has 0 aliphatic rings. The van der Waals surface area contributed by atoms with E-state index in [0.29, 0.717) is 22.3 Å². The molecule has 2 rings (SSSR count). The maximum atomic E-state index is 12.4. The molecule has 0 heterocycles. The topological polar surface area (TPSA) is 82.3 Å². The predicted octanol–water partition coefficient (Wildman–Crippen LogP) is 5.41. The lowest BCUT2D eigenvalue weighted by Crippen LogP contribution is -2.13. The summed E-state index contributed by atoms with van der Waals surface area (Å²) in [5.74, 6) is -0.458. The number of anilines is 1. The Hall–Kier alpha value is -2.20. The molecule has 8 heteroatoms. The van der Waals surface area contributed by atoms with E-state index in [-0.39, 0.29) is 27.1 Å². The third-order valence-corrected chi connectivity index (χ3v) is 4.65. The number of nitriles is 1. The van der Waals surface area contributed by atoms with Gasteiger partial charge in [0.15, 0.2) is 11.5 Å². The van der Waals surface area contributed by atoms with E-state index in [9.17, 15) is 15.2 Å². The molecule has 0 aliphatic carbocycles. The van der Waals surface area contributed by atoms with E-state index in [4.69, 9.17) is 27.9 Å². The van der Waals surface area contributed by atoms with Crippen molar-refractivity contribution in [2.45, 2.75) is 6.92 Å². The molecule has 0 bridgehead atoms. The Labute approximate surface area is 168 Å². The molecule has 0 atom stereocenters. The van der Waals surface area contributed by atoms with E-state index in [1.807, 2.05) is 6.07 Å². The molecular weight excluding hydrogens is 443 g/mol. The molecule has 0 saturated heterocycles. The number of rotatable bonds is 5. The van der Waals surface area contributed by atoms with Gasteiger partial charge in [0.1, 0.15) is 11.6 Å². The lowest BCUT2D eigenvalue weighted by atomic mass is 10.1. The molecule has 0 saturated carbocycles. The SMILES string of the molecule is CCOc1cc(/C=C(\C#N)C(=O)Nc2cccc(Cl)c2Cl)cc(Br)c1O. The molecule has 0 unspecified atom stereocenters. The van der Waals surface area contributed by atoms with Crippen molar-refractivity contribution < 1.29 is 14.6 Å². The minimum absolute atomic E-state index is 0.0577. The van der Waals surface area contributed by atoms with Gasteiger partial charge >= 0.3 is 0 Å². The van der Waals surface area contributed by atoms with Crippen LogP contribution in [-0.4, -0.2) is 17.6 Å². The zero-order valence-corrected chi connectivity index (χ0v) is 16.6. The van der Waals surface area contributed by atoms with Crippen LogP contribution in [0.1, 0.15) is 12.5 Å². The van der Waals surface area contributed by atoms with Crippen LogP contribution < -0.4 is 10.1 Å². The van der Waals surface area contributed by atoms with Gasteiger partial charge in [-0.15, -0.1) is 0 Å². The van der Waals surface area contributed by atoms with Crippen LogP contribution >= 0.6 is 39.1 Å². The fourth-order valence-corrected chi connectivity index (χ4v) is 2.86. The average molecular weight is 456 g/mol. The molecule has 0 aromatic heterocycles. The molecule has 5 nitrogen and oxygen atoms in total. The monoisotopic (exact) mass is 454 g/mol. The molecule has 26 heavy (non-hydrogen) atoms. The molecule has 1 amide bonds. The van der Waals surface area contributed by atoms with Crippen LogP contribution in [0.4, 0.5) is 5.69 Å². The van der Waals surface area contributed by atoms with Crippen LogP contribution in [0.2, 0.25) is 10.0 Å². The zero-order chi connectivity index (χ0) is 19.3. The van der Waals surface area contributed by atoms with Gasteiger partial charge in [0.2, 0.25) is 0 Å². The van der Waals surface area contributed by atoms with Crippen molar-refractivity contribution in [2.75, 3.05) is 11.9 Å². The highest BCUT2D eigenvalue weighted by Gasteiger charge is 2.14. The number of amides is 1. The van der Waals surface area contributed by atoms with Crippen LogP contribution in [-0.2, 0) is 4.79 Å². The quantitative estimate of drug-likeness (QED) is 0.466. The highest BCUT2D eigenvalue weighted by atomic mass is 79.9. The van der Waals surface area contributed by atoms with E-state index in [2.05, 4.69) is 21.2 Å². The van der Waals surface area contributed by atoms with Gasteiger partial charge in [0.25, 0.3) is 5.91 Å². The summed E-state index contributed by atoms with van der Waals surface area (Å²) >= 11 is 15.2. The summed E-state index contributed by atoms with van der Waals surface area (Å²) in [4.78, 5) is 12.4. The third kappa shape index (κ3) is 4.70. The van der Waals surface area contributed by atoms with Crippen LogP contribution in [0.5, 0.6) is 11.5 Å². The first-order chi connectivity index (χ1) is 12.4. The maximum Gasteiger partial charge on any atom is 0.266 e. The predicted molar refractivity (Wildman–Crippen MR) is 106 cm³/mol. The molecule has 134 valence electrons. The number of aromatic hydroxyl groups is 1. The van der Waals surface area contributed by atoms with E-state index in [0.717, 1.165) is 0 Å². The van der Waals surface area contributed by atoms with Crippen molar-refractivity contribution in [3.05, 3.63) is 56.0 Å². The second-order valence-electron chi connectivity index (χ2n) is 5.01. The smallest absolute Gasteiger partial charge is 0.266 e. The highest BCUT2D eigenvalue weighted by molar-refractivity contribution is 9.10. The Kier molecular flexibility index (Phi) is 6.92. The third-order valence-electron chi connectivity index (χ3n) is 3.23. The molecule has 2 aromatic carbocycles. The van der Waals surface area contributed by atoms with Gasteiger partial charge in [-0.25, -0.2) is 0 Å². The fraction of sp³-hybridized carbons (Fsp3) is 0.111. The number of benzene rings is 2. The van der Waals surface area contributed by atoms with Crippen molar-refractivity contribution in [1.29, 1.82) is 5.26 Å². The van der Waals surface area contributed by atoms with Gasteiger partial charge in [-0.3, -0.25) is 4.79 Å². The molecule has 2 aromatic rings. The number of carbonyl (C=O) groups is 1. The first-order valence-electron chi connectivity index (χ1n) is 7.39. The largest absolute Gasteiger partial charge is 0.503 e. The Bertz CT molecular complexity index is 923. The van der Waals surface area contributed by atoms with E-state index >= 15 is 0 Å². The zero-order valence-electron chi connectivity index (χ0n) is 13.5. The van der Waals surface area contributed by atoms with Crippen LogP contribution in [0.15, 0.2) is 40.4 Å². The Morgan fingerprint density at radius 2 is 2.15 bits per heavy atom. The van der Waals surface area contributed by atoms with Crippen LogP contribution in [0.25, 0.3) is 6.08 Å². The first-order valence-corrected chi connectivity index (χ1v) is 8.94. The summed E-state index contributed by atoms with van der Waals surface area (Å²) in [6.07, 6.45) is 1.38. The summed E-state index contributed by atoms with van der Waals surface area (Å²) in [5.41, 5.74) is 0.648. The number of phenols is 1. The molecule has 2 N–H and O–H groups in total. The van der Waals surface area contributed by atoms with Crippen molar-refractivity contribution in [3.63, 3.8) is 0 Å². The van der Waals surface area contributed by atoms with E-state index in [1.165, 1.54) is 12.1 Å². The number of ether oxygens (including phenoxy) is 1. The molecule has 0 spiro atoms. The Morgan fingerprint density at radius 1 is 1.42 bits per heavy atom. The number of carbonyl (C=O) groups excluding carboxylic acids is 1. The number of hydrogen-bond donors (Lipinski definition) is 2. The minimum atomic E-state index is -0.640. The number of phenolic OH excluding ortho intramolecular Hbond substituents is 1. The first kappa shape index (κ1) is 20.1. The van der Waals surface area contributed by atoms with Crippen LogP contribution in [0, 0.1) is 11.3 Å². The summed E-state index contributed by atoms with van der Waals surface area (Å²) in [6.45, 7) is 2.13. The second kappa shape index (κ2) is 8.95. The van der Waals surface area contributed by atoms with Gasteiger partial charge in [-0.05, 0) is 58.8 Å². The highest BCUT2D eigenvalue weighted by Crippen LogP contribution is 2.36. The normalized spacial score (nSPS) is 11.0. The lowest BCUT2D eigenvalue weighted by molar-refractivity contribution is -0.112. The second-order valence-corrected chi connectivity index (χ2v) is 6.65. The Balaban J connectivity index is 2.34. The summed E-state index contributed by atoms with van der Waals surface area (Å²) in [6, 6.07) is 9.73. The molecule has 0 radical (unpaired) electrons. The van der Waals surface area contributed by atoms with Crippen LogP contribution in [0.3, 0.4) is 0 Å². The summed E-state index contributed by atoms with van der Waals surface area (Å²) < 4.78 is 5.71. The van der Waals surface area contributed by atoms with Gasteiger partial charge in [-0.2, -0.15) is 5.26 Å². The van der Waals surface area contributed by atoms with Gasteiger partial charge in [0.05, 0.1) is 26.8 Å². The number of nitrogens with zero attached hydrogens (tertiary/aromatic N) is 1. The van der Waals surface area contributed by atoms with Crippen molar-refractivity contribution in [3.8, 4) is 17.6 Å². The Morgan fingerprint density at radius 3 is 2.81 bits per heavy atom. The number of halogens is 3. The fourth-order valence-electron chi connectivity index (χ4n) is 2.05.